The first-order valence-electron chi connectivity index (χ1n) is 4.57. The summed E-state index contributed by atoms with van der Waals surface area (Å²) in [5, 5.41) is 3.20. The first-order valence-corrected chi connectivity index (χ1v) is 5.48. The summed E-state index contributed by atoms with van der Waals surface area (Å²) in [7, 11) is 0. The molecule has 1 aromatic carbocycles. The highest BCUT2D eigenvalue weighted by Crippen LogP contribution is 2.31. The van der Waals surface area contributed by atoms with Crippen molar-refractivity contribution in [2.75, 3.05) is 12.4 Å². The smallest absolute Gasteiger partial charge is 0.311 e. The van der Waals surface area contributed by atoms with Gasteiger partial charge in [0.15, 0.2) is 0 Å². The summed E-state index contributed by atoms with van der Waals surface area (Å²) in [4.78, 5) is 0. The maximum absolute atomic E-state index is 12.4. The SMILES string of the molecule is FC(F)(F)c1ccc(Cl)c(CNCCCl)c1. The summed E-state index contributed by atoms with van der Waals surface area (Å²) in [6, 6.07) is 3.26. The van der Waals surface area contributed by atoms with Crippen molar-refractivity contribution in [2.24, 2.45) is 0 Å². The Kier molecular flexibility index (Phi) is 4.89. The maximum atomic E-state index is 12.4. The number of alkyl halides is 4. The standard InChI is InChI=1S/C10H10Cl2F3N/c11-3-4-16-6-7-5-8(10(13,14)15)1-2-9(7)12/h1-2,5,16H,3-4,6H2. The minimum absolute atomic E-state index is 0.273. The molecule has 0 aromatic heterocycles. The summed E-state index contributed by atoms with van der Waals surface area (Å²) in [6.45, 7) is 0.795. The molecule has 0 atom stereocenters. The largest absolute Gasteiger partial charge is 0.416 e. The third-order valence-electron chi connectivity index (χ3n) is 1.96. The lowest BCUT2D eigenvalue weighted by molar-refractivity contribution is -0.137. The Morgan fingerprint density at radius 1 is 1.25 bits per heavy atom. The second-order valence-corrected chi connectivity index (χ2v) is 3.95. The highest BCUT2D eigenvalue weighted by molar-refractivity contribution is 6.31. The molecule has 1 aromatic rings. The molecule has 0 bridgehead atoms. The van der Waals surface area contributed by atoms with Gasteiger partial charge in [-0.1, -0.05) is 11.6 Å². The van der Waals surface area contributed by atoms with Gasteiger partial charge in [0.25, 0.3) is 0 Å². The van der Waals surface area contributed by atoms with Gasteiger partial charge in [0.2, 0.25) is 0 Å². The van der Waals surface area contributed by atoms with Gasteiger partial charge in [0.05, 0.1) is 5.56 Å². The van der Waals surface area contributed by atoms with E-state index in [0.717, 1.165) is 12.1 Å². The van der Waals surface area contributed by atoms with Crippen molar-refractivity contribution in [2.45, 2.75) is 12.7 Å². The number of rotatable bonds is 4. The molecular formula is C10H10Cl2F3N. The van der Waals surface area contributed by atoms with Crippen molar-refractivity contribution in [1.82, 2.24) is 5.32 Å². The van der Waals surface area contributed by atoms with Crippen LogP contribution in [0.3, 0.4) is 0 Å². The van der Waals surface area contributed by atoms with E-state index >= 15 is 0 Å². The minimum Gasteiger partial charge on any atom is -0.311 e. The Morgan fingerprint density at radius 2 is 1.94 bits per heavy atom. The highest BCUT2D eigenvalue weighted by Gasteiger charge is 2.30. The lowest BCUT2D eigenvalue weighted by Gasteiger charge is -2.10. The molecule has 0 saturated carbocycles. The molecule has 0 amide bonds. The normalized spacial score (nSPS) is 11.8. The second-order valence-electron chi connectivity index (χ2n) is 3.17. The van der Waals surface area contributed by atoms with Crippen LogP contribution in [0.5, 0.6) is 0 Å². The zero-order valence-electron chi connectivity index (χ0n) is 8.24. The number of benzene rings is 1. The lowest BCUT2D eigenvalue weighted by atomic mass is 10.1. The van der Waals surface area contributed by atoms with E-state index in [4.69, 9.17) is 23.2 Å². The monoisotopic (exact) mass is 271 g/mol. The van der Waals surface area contributed by atoms with Crippen LogP contribution in [0.4, 0.5) is 13.2 Å². The molecule has 1 rings (SSSR count). The van der Waals surface area contributed by atoms with E-state index in [0.29, 0.717) is 23.0 Å². The Bertz CT molecular complexity index is 352. The summed E-state index contributed by atoms with van der Waals surface area (Å²) in [6.07, 6.45) is -4.34. The third kappa shape index (κ3) is 3.85. The lowest BCUT2D eigenvalue weighted by Crippen LogP contribution is -2.16. The van der Waals surface area contributed by atoms with Gasteiger partial charge in [-0.2, -0.15) is 13.2 Å². The van der Waals surface area contributed by atoms with Gasteiger partial charge < -0.3 is 5.32 Å². The van der Waals surface area contributed by atoms with Crippen LogP contribution < -0.4 is 5.32 Å². The predicted octanol–water partition coefficient (Wildman–Crippen LogP) is 3.69. The Morgan fingerprint density at radius 3 is 2.50 bits per heavy atom. The Balaban J connectivity index is 2.83. The van der Waals surface area contributed by atoms with Gasteiger partial charge in [0.1, 0.15) is 0 Å². The molecule has 0 unspecified atom stereocenters. The van der Waals surface area contributed by atoms with Gasteiger partial charge >= 0.3 is 6.18 Å². The van der Waals surface area contributed by atoms with E-state index in [-0.39, 0.29) is 6.54 Å². The molecule has 0 aliphatic heterocycles. The van der Waals surface area contributed by atoms with Crippen LogP contribution in [0, 0.1) is 0 Å². The average Bonchev–Trinajstić information content (AvgIpc) is 2.19. The fourth-order valence-corrected chi connectivity index (χ4v) is 1.49. The van der Waals surface area contributed by atoms with E-state index in [1.54, 1.807) is 0 Å². The van der Waals surface area contributed by atoms with Crippen LogP contribution in [-0.2, 0) is 12.7 Å². The molecule has 0 fully saturated rings. The maximum Gasteiger partial charge on any atom is 0.416 e. The third-order valence-corrected chi connectivity index (χ3v) is 2.52. The van der Waals surface area contributed by atoms with Crippen LogP contribution in [0.25, 0.3) is 0 Å². The van der Waals surface area contributed by atoms with E-state index in [1.165, 1.54) is 6.07 Å². The second kappa shape index (κ2) is 5.75. The minimum atomic E-state index is -4.34. The summed E-state index contributed by atoms with van der Waals surface area (Å²) >= 11 is 11.2. The van der Waals surface area contributed by atoms with Crippen LogP contribution in [0.15, 0.2) is 18.2 Å². The van der Waals surface area contributed by atoms with Crippen molar-refractivity contribution >= 4 is 23.2 Å². The Hall–Kier alpha value is -0.450. The van der Waals surface area contributed by atoms with Crippen molar-refractivity contribution < 1.29 is 13.2 Å². The number of nitrogens with one attached hydrogen (secondary N) is 1. The van der Waals surface area contributed by atoms with Crippen molar-refractivity contribution in [3.05, 3.63) is 34.3 Å². The fraction of sp³-hybridized carbons (Fsp3) is 0.400. The molecule has 0 heterocycles. The molecule has 0 aliphatic carbocycles. The van der Waals surface area contributed by atoms with Gasteiger partial charge in [-0.25, -0.2) is 0 Å². The molecular weight excluding hydrogens is 262 g/mol. The average molecular weight is 272 g/mol. The van der Waals surface area contributed by atoms with Crippen LogP contribution in [0.1, 0.15) is 11.1 Å². The summed E-state index contributed by atoms with van der Waals surface area (Å²) in [5.41, 5.74) is -0.277. The molecule has 90 valence electrons. The van der Waals surface area contributed by atoms with Crippen molar-refractivity contribution in [3.8, 4) is 0 Å². The predicted molar refractivity (Wildman–Crippen MR) is 58.9 cm³/mol. The quantitative estimate of drug-likeness (QED) is 0.651. The number of hydrogen-bond acceptors (Lipinski definition) is 1. The van der Waals surface area contributed by atoms with Crippen LogP contribution in [-0.4, -0.2) is 12.4 Å². The molecule has 1 N–H and O–H groups in total. The zero-order valence-corrected chi connectivity index (χ0v) is 9.76. The zero-order chi connectivity index (χ0) is 12.2. The van der Waals surface area contributed by atoms with Crippen molar-refractivity contribution in [1.29, 1.82) is 0 Å². The first kappa shape index (κ1) is 13.6. The van der Waals surface area contributed by atoms with Crippen LogP contribution in [0.2, 0.25) is 5.02 Å². The van der Waals surface area contributed by atoms with Gasteiger partial charge in [0, 0.05) is 24.0 Å². The molecule has 0 saturated heterocycles. The highest BCUT2D eigenvalue weighted by atomic mass is 35.5. The summed E-state index contributed by atoms with van der Waals surface area (Å²) < 4.78 is 37.2. The first-order chi connectivity index (χ1) is 7.45. The van der Waals surface area contributed by atoms with Crippen LogP contribution >= 0.6 is 23.2 Å². The summed E-state index contributed by atoms with van der Waals surface area (Å²) in [5.74, 6) is 0.399. The molecule has 6 heteroatoms. The molecule has 16 heavy (non-hydrogen) atoms. The molecule has 1 nitrogen and oxygen atoms in total. The number of hydrogen-bond donors (Lipinski definition) is 1. The van der Waals surface area contributed by atoms with Gasteiger partial charge in [-0.3, -0.25) is 0 Å². The molecule has 0 spiro atoms. The molecule has 0 aliphatic rings. The fourth-order valence-electron chi connectivity index (χ4n) is 1.18. The Labute approximate surface area is 102 Å². The van der Waals surface area contributed by atoms with E-state index < -0.39 is 11.7 Å². The van der Waals surface area contributed by atoms with E-state index in [9.17, 15) is 13.2 Å². The number of halogens is 5. The van der Waals surface area contributed by atoms with E-state index in [2.05, 4.69) is 5.32 Å². The van der Waals surface area contributed by atoms with Crippen molar-refractivity contribution in [3.63, 3.8) is 0 Å². The van der Waals surface area contributed by atoms with Gasteiger partial charge in [-0.15, -0.1) is 11.6 Å². The van der Waals surface area contributed by atoms with Gasteiger partial charge in [-0.05, 0) is 23.8 Å². The topological polar surface area (TPSA) is 12.0 Å². The molecule has 0 radical (unpaired) electrons. The van der Waals surface area contributed by atoms with E-state index in [1.807, 2.05) is 0 Å².